The van der Waals surface area contributed by atoms with Crippen LogP contribution in [0.3, 0.4) is 0 Å². The largest absolute Gasteiger partial charge is 0.489 e. The van der Waals surface area contributed by atoms with E-state index in [1.165, 1.54) is 0 Å². The Morgan fingerprint density at radius 3 is 2.55 bits per heavy atom. The van der Waals surface area contributed by atoms with Crippen molar-refractivity contribution < 1.29 is 14.3 Å². The number of rotatable bonds is 4. The van der Waals surface area contributed by atoms with Gasteiger partial charge in [-0.1, -0.05) is 30.3 Å². The first-order valence-corrected chi connectivity index (χ1v) is 9.39. The van der Waals surface area contributed by atoms with Gasteiger partial charge in [0.2, 0.25) is 0 Å². The number of aromatic nitrogens is 2. The van der Waals surface area contributed by atoms with E-state index in [-0.39, 0.29) is 23.8 Å². The lowest BCUT2D eigenvalue weighted by atomic mass is 9.87. The maximum absolute atomic E-state index is 12.9. The standard InChI is InChI=1S/C22H22N4O3/c1-13-19(14-7-5-4-6-8-14)17-9-15(10-18(20(17)29-13)22(28)23-2)21(27)25-16-11-24-26(3)12-16/h4-13,19H,1-3H3,(H,23,28)(H,25,27)/t13?,19-/m0/s1. The molecule has 0 bridgehead atoms. The van der Waals surface area contributed by atoms with Crippen molar-refractivity contribution in [2.75, 3.05) is 12.4 Å². The van der Waals surface area contributed by atoms with Gasteiger partial charge in [0.1, 0.15) is 11.9 Å². The van der Waals surface area contributed by atoms with Crippen LogP contribution in [-0.2, 0) is 7.05 Å². The second-order valence-electron chi connectivity index (χ2n) is 7.09. The van der Waals surface area contributed by atoms with Crippen molar-refractivity contribution >= 4 is 17.5 Å². The maximum atomic E-state index is 12.9. The molecule has 148 valence electrons. The van der Waals surface area contributed by atoms with E-state index in [4.69, 9.17) is 4.74 Å². The van der Waals surface area contributed by atoms with Gasteiger partial charge in [-0.3, -0.25) is 14.3 Å². The summed E-state index contributed by atoms with van der Waals surface area (Å²) in [6, 6.07) is 13.3. The van der Waals surface area contributed by atoms with Gasteiger partial charge in [0.05, 0.1) is 17.4 Å². The third kappa shape index (κ3) is 3.47. The van der Waals surface area contributed by atoms with E-state index in [2.05, 4.69) is 15.7 Å². The number of ether oxygens (including phenoxy) is 1. The number of anilines is 1. The Balaban J connectivity index is 1.79. The van der Waals surface area contributed by atoms with Crippen LogP contribution in [0.2, 0.25) is 0 Å². The number of amides is 2. The summed E-state index contributed by atoms with van der Waals surface area (Å²) < 4.78 is 7.68. The van der Waals surface area contributed by atoms with Crippen LogP contribution in [0.15, 0.2) is 54.9 Å². The molecular formula is C22H22N4O3. The van der Waals surface area contributed by atoms with Crippen molar-refractivity contribution in [1.29, 1.82) is 0 Å². The van der Waals surface area contributed by atoms with Crippen LogP contribution >= 0.6 is 0 Å². The summed E-state index contributed by atoms with van der Waals surface area (Å²) in [4.78, 5) is 25.4. The van der Waals surface area contributed by atoms with E-state index in [0.717, 1.165) is 11.1 Å². The minimum atomic E-state index is -0.308. The fourth-order valence-electron chi connectivity index (χ4n) is 3.76. The average Bonchev–Trinajstić information content (AvgIpc) is 3.28. The third-order valence-corrected chi connectivity index (χ3v) is 5.08. The lowest BCUT2D eigenvalue weighted by molar-refractivity contribution is 0.0958. The molecule has 0 spiro atoms. The number of benzene rings is 2. The van der Waals surface area contributed by atoms with Gasteiger partial charge in [-0.2, -0.15) is 5.10 Å². The van der Waals surface area contributed by atoms with Crippen molar-refractivity contribution in [2.45, 2.75) is 18.9 Å². The molecule has 7 nitrogen and oxygen atoms in total. The van der Waals surface area contributed by atoms with Gasteiger partial charge in [-0.15, -0.1) is 0 Å². The summed E-state index contributed by atoms with van der Waals surface area (Å²) in [6.07, 6.45) is 3.12. The number of nitrogens with one attached hydrogen (secondary N) is 2. The van der Waals surface area contributed by atoms with Gasteiger partial charge in [-0.25, -0.2) is 0 Å². The number of carbonyl (C=O) groups is 2. The molecule has 7 heteroatoms. The molecule has 4 rings (SSSR count). The predicted molar refractivity (Wildman–Crippen MR) is 109 cm³/mol. The Hall–Kier alpha value is -3.61. The molecule has 2 aromatic carbocycles. The van der Waals surface area contributed by atoms with Crippen LogP contribution in [0.5, 0.6) is 5.75 Å². The van der Waals surface area contributed by atoms with Gasteiger partial charge in [0, 0.05) is 37.3 Å². The lowest BCUT2D eigenvalue weighted by Crippen LogP contribution is -2.20. The normalized spacial score (nSPS) is 17.3. The molecule has 2 N–H and O–H groups in total. The highest BCUT2D eigenvalue weighted by atomic mass is 16.5. The second kappa shape index (κ2) is 7.43. The highest BCUT2D eigenvalue weighted by molar-refractivity contribution is 6.07. The maximum Gasteiger partial charge on any atom is 0.255 e. The Bertz CT molecular complexity index is 1070. The van der Waals surface area contributed by atoms with E-state index in [1.54, 1.807) is 37.2 Å². The number of nitrogens with zero attached hydrogens (tertiary/aromatic N) is 2. The smallest absolute Gasteiger partial charge is 0.255 e. The summed E-state index contributed by atoms with van der Waals surface area (Å²) in [7, 11) is 3.34. The van der Waals surface area contributed by atoms with Crippen LogP contribution < -0.4 is 15.4 Å². The second-order valence-corrected chi connectivity index (χ2v) is 7.09. The number of carbonyl (C=O) groups excluding carboxylic acids is 2. The number of fused-ring (bicyclic) bond motifs is 1. The molecule has 29 heavy (non-hydrogen) atoms. The van der Waals surface area contributed by atoms with Gasteiger partial charge in [-0.05, 0) is 24.6 Å². The topological polar surface area (TPSA) is 85.3 Å². The number of hydrogen-bond acceptors (Lipinski definition) is 4. The molecule has 0 aliphatic carbocycles. The molecule has 1 unspecified atom stereocenters. The Morgan fingerprint density at radius 1 is 1.14 bits per heavy atom. The van der Waals surface area contributed by atoms with Gasteiger partial charge in [0.15, 0.2) is 0 Å². The quantitative estimate of drug-likeness (QED) is 0.717. The van der Waals surface area contributed by atoms with E-state index in [9.17, 15) is 9.59 Å². The number of aryl methyl sites for hydroxylation is 1. The predicted octanol–water partition coefficient (Wildman–Crippen LogP) is 2.94. The molecule has 3 aromatic rings. The molecule has 1 aliphatic rings. The van der Waals surface area contributed by atoms with E-state index < -0.39 is 0 Å². The van der Waals surface area contributed by atoms with E-state index >= 15 is 0 Å². The molecule has 0 radical (unpaired) electrons. The summed E-state index contributed by atoms with van der Waals surface area (Å²) in [5.74, 6) is -0.139. The fraction of sp³-hybridized carbons (Fsp3) is 0.227. The molecule has 1 aromatic heterocycles. The first kappa shape index (κ1) is 18.7. The summed E-state index contributed by atoms with van der Waals surface area (Å²) >= 11 is 0. The number of hydrogen-bond donors (Lipinski definition) is 2. The zero-order chi connectivity index (χ0) is 20.5. The first-order chi connectivity index (χ1) is 14.0. The Morgan fingerprint density at radius 2 is 1.90 bits per heavy atom. The van der Waals surface area contributed by atoms with E-state index in [1.807, 2.05) is 43.3 Å². The minimum absolute atomic E-state index is 0.0688. The lowest BCUT2D eigenvalue weighted by Gasteiger charge is -2.15. The summed E-state index contributed by atoms with van der Waals surface area (Å²) in [5, 5.41) is 9.52. The molecule has 0 fully saturated rings. The zero-order valence-electron chi connectivity index (χ0n) is 16.5. The Labute approximate surface area is 168 Å². The van der Waals surface area contributed by atoms with Crippen LogP contribution in [-0.4, -0.2) is 34.7 Å². The third-order valence-electron chi connectivity index (χ3n) is 5.08. The highest BCUT2D eigenvalue weighted by Gasteiger charge is 2.36. The molecule has 0 saturated carbocycles. The van der Waals surface area contributed by atoms with Crippen LogP contribution in [0.1, 0.15) is 44.7 Å². The monoisotopic (exact) mass is 390 g/mol. The van der Waals surface area contributed by atoms with Crippen LogP contribution in [0, 0.1) is 0 Å². The van der Waals surface area contributed by atoms with Crippen molar-refractivity contribution in [1.82, 2.24) is 15.1 Å². The molecule has 2 amide bonds. The van der Waals surface area contributed by atoms with Gasteiger partial charge >= 0.3 is 0 Å². The minimum Gasteiger partial charge on any atom is -0.489 e. The van der Waals surface area contributed by atoms with Crippen molar-refractivity contribution in [2.24, 2.45) is 7.05 Å². The highest BCUT2D eigenvalue weighted by Crippen LogP contribution is 2.44. The van der Waals surface area contributed by atoms with Crippen LogP contribution in [0.25, 0.3) is 0 Å². The van der Waals surface area contributed by atoms with E-state index in [0.29, 0.717) is 22.6 Å². The van der Waals surface area contributed by atoms with Crippen LogP contribution in [0.4, 0.5) is 5.69 Å². The molecule has 0 saturated heterocycles. The molecule has 1 aliphatic heterocycles. The molecular weight excluding hydrogens is 368 g/mol. The van der Waals surface area contributed by atoms with Crippen molar-refractivity contribution in [3.05, 3.63) is 77.1 Å². The molecule has 2 heterocycles. The van der Waals surface area contributed by atoms with Crippen molar-refractivity contribution in [3.63, 3.8) is 0 Å². The summed E-state index contributed by atoms with van der Waals surface area (Å²) in [6.45, 7) is 1.97. The van der Waals surface area contributed by atoms with Gasteiger partial charge < -0.3 is 15.4 Å². The fourth-order valence-corrected chi connectivity index (χ4v) is 3.76. The first-order valence-electron chi connectivity index (χ1n) is 9.39. The SMILES string of the molecule is CNC(=O)c1cc(C(=O)Nc2cnn(C)c2)cc2c1OC(C)[C@H]2c1ccccc1. The average molecular weight is 390 g/mol. The Kier molecular flexibility index (Phi) is 4.80. The molecule has 2 atom stereocenters. The summed E-state index contributed by atoms with van der Waals surface area (Å²) in [5.41, 5.74) is 3.24. The zero-order valence-corrected chi connectivity index (χ0v) is 16.5. The van der Waals surface area contributed by atoms with Gasteiger partial charge in [0.25, 0.3) is 11.8 Å². The van der Waals surface area contributed by atoms with Crippen molar-refractivity contribution in [3.8, 4) is 5.75 Å².